The highest BCUT2D eigenvalue weighted by molar-refractivity contribution is 5.75. The highest BCUT2D eigenvalue weighted by Gasteiger charge is 2.15. The van der Waals surface area contributed by atoms with Crippen LogP contribution < -0.4 is 5.32 Å². The number of nitrogens with one attached hydrogen (secondary N) is 1. The summed E-state index contributed by atoms with van der Waals surface area (Å²) in [6.07, 6.45) is 7.27. The average Bonchev–Trinajstić information content (AvgIpc) is 2.63. The van der Waals surface area contributed by atoms with Gasteiger partial charge in [0.25, 0.3) is 0 Å². The number of carbonyl (C=O) groups is 1. The van der Waals surface area contributed by atoms with E-state index in [9.17, 15) is 4.79 Å². The van der Waals surface area contributed by atoms with Gasteiger partial charge >= 0.3 is 0 Å². The van der Waals surface area contributed by atoms with E-state index in [2.05, 4.69) is 19.2 Å². The van der Waals surface area contributed by atoms with Crippen LogP contribution in [0, 0.1) is 11.8 Å². The van der Waals surface area contributed by atoms with Gasteiger partial charge in [-0.05, 0) is 18.3 Å². The Morgan fingerprint density at radius 3 is 2.57 bits per heavy atom. The molecule has 2 heteroatoms. The molecule has 14 heavy (non-hydrogen) atoms. The molecule has 0 aromatic heterocycles. The van der Waals surface area contributed by atoms with Gasteiger partial charge in [0.05, 0.1) is 0 Å². The molecule has 0 heterocycles. The van der Waals surface area contributed by atoms with Crippen LogP contribution in [-0.2, 0) is 4.79 Å². The normalized spacial score (nSPS) is 17.6. The topological polar surface area (TPSA) is 29.1 Å². The number of hydrogen-bond acceptors (Lipinski definition) is 1. The third kappa shape index (κ3) is 4.64. The van der Waals surface area contributed by atoms with Crippen molar-refractivity contribution in [3.8, 4) is 0 Å². The van der Waals surface area contributed by atoms with Crippen LogP contribution in [0.3, 0.4) is 0 Å². The molecule has 0 aliphatic heterocycles. The maximum Gasteiger partial charge on any atom is 0.220 e. The molecular weight excluding hydrogens is 174 g/mol. The molecule has 1 fully saturated rings. The Balaban J connectivity index is 2.02. The third-order valence-electron chi connectivity index (χ3n) is 2.96. The smallest absolute Gasteiger partial charge is 0.220 e. The first-order valence-electron chi connectivity index (χ1n) is 5.95. The standard InChI is InChI=1S/C12H23NO/c1-10(2)9-13-12(14)8-7-11-5-3-4-6-11/h10-11H,3-9H2,1-2H3,(H,13,14). The monoisotopic (exact) mass is 197 g/mol. The first-order valence-corrected chi connectivity index (χ1v) is 5.95. The van der Waals surface area contributed by atoms with Crippen molar-refractivity contribution in [2.45, 2.75) is 52.4 Å². The van der Waals surface area contributed by atoms with Crippen molar-refractivity contribution in [2.24, 2.45) is 11.8 Å². The van der Waals surface area contributed by atoms with E-state index in [1.165, 1.54) is 25.7 Å². The summed E-state index contributed by atoms with van der Waals surface area (Å²) in [5.74, 6) is 1.64. The van der Waals surface area contributed by atoms with E-state index >= 15 is 0 Å². The molecule has 0 aromatic carbocycles. The number of rotatable bonds is 5. The van der Waals surface area contributed by atoms with Crippen molar-refractivity contribution < 1.29 is 4.79 Å². The van der Waals surface area contributed by atoms with Crippen molar-refractivity contribution in [1.29, 1.82) is 0 Å². The highest BCUT2D eigenvalue weighted by Crippen LogP contribution is 2.28. The Hall–Kier alpha value is -0.530. The predicted molar refractivity (Wildman–Crippen MR) is 59.0 cm³/mol. The lowest BCUT2D eigenvalue weighted by Crippen LogP contribution is -2.27. The quantitative estimate of drug-likeness (QED) is 0.721. The van der Waals surface area contributed by atoms with E-state index in [1.807, 2.05) is 0 Å². The maximum atomic E-state index is 11.4. The van der Waals surface area contributed by atoms with Crippen LogP contribution >= 0.6 is 0 Å². The molecule has 0 bridgehead atoms. The van der Waals surface area contributed by atoms with Crippen molar-refractivity contribution in [1.82, 2.24) is 5.32 Å². The Kier molecular flexibility index (Phi) is 4.99. The molecule has 1 N–H and O–H groups in total. The van der Waals surface area contributed by atoms with Gasteiger partial charge in [0.1, 0.15) is 0 Å². The molecule has 0 atom stereocenters. The van der Waals surface area contributed by atoms with E-state index in [1.54, 1.807) is 0 Å². The fraction of sp³-hybridized carbons (Fsp3) is 0.917. The zero-order chi connectivity index (χ0) is 10.4. The van der Waals surface area contributed by atoms with Crippen LogP contribution in [0.25, 0.3) is 0 Å². The van der Waals surface area contributed by atoms with Crippen LogP contribution in [0.5, 0.6) is 0 Å². The lowest BCUT2D eigenvalue weighted by molar-refractivity contribution is -0.121. The lowest BCUT2D eigenvalue weighted by atomic mass is 10.0. The minimum absolute atomic E-state index is 0.241. The van der Waals surface area contributed by atoms with Crippen LogP contribution in [0.15, 0.2) is 0 Å². The second kappa shape index (κ2) is 6.05. The van der Waals surface area contributed by atoms with E-state index in [-0.39, 0.29) is 5.91 Å². The SMILES string of the molecule is CC(C)CNC(=O)CCC1CCCC1. The molecule has 1 saturated carbocycles. The van der Waals surface area contributed by atoms with Gasteiger partial charge < -0.3 is 5.32 Å². The molecule has 1 rings (SSSR count). The van der Waals surface area contributed by atoms with E-state index in [4.69, 9.17) is 0 Å². The van der Waals surface area contributed by atoms with Gasteiger partial charge in [-0.2, -0.15) is 0 Å². The number of hydrogen-bond donors (Lipinski definition) is 1. The lowest BCUT2D eigenvalue weighted by Gasteiger charge is -2.10. The number of carbonyl (C=O) groups excluding carboxylic acids is 1. The van der Waals surface area contributed by atoms with Crippen molar-refractivity contribution in [2.75, 3.05) is 6.54 Å². The van der Waals surface area contributed by atoms with E-state index in [0.717, 1.165) is 25.3 Å². The van der Waals surface area contributed by atoms with Crippen LogP contribution in [0.4, 0.5) is 0 Å². The molecule has 2 nitrogen and oxygen atoms in total. The second-order valence-electron chi connectivity index (χ2n) is 4.89. The Morgan fingerprint density at radius 1 is 1.36 bits per heavy atom. The molecule has 1 aliphatic carbocycles. The summed E-state index contributed by atoms with van der Waals surface area (Å²) in [5, 5.41) is 2.97. The van der Waals surface area contributed by atoms with Gasteiger partial charge in [-0.3, -0.25) is 4.79 Å². The zero-order valence-electron chi connectivity index (χ0n) is 9.51. The summed E-state index contributed by atoms with van der Waals surface area (Å²) in [6, 6.07) is 0. The van der Waals surface area contributed by atoms with E-state index in [0.29, 0.717) is 5.92 Å². The molecule has 0 aromatic rings. The Bertz CT molecular complexity index is 171. The summed E-state index contributed by atoms with van der Waals surface area (Å²) in [5.41, 5.74) is 0. The highest BCUT2D eigenvalue weighted by atomic mass is 16.1. The van der Waals surface area contributed by atoms with Gasteiger partial charge in [0.15, 0.2) is 0 Å². The van der Waals surface area contributed by atoms with Crippen LogP contribution in [0.1, 0.15) is 52.4 Å². The first-order chi connectivity index (χ1) is 6.68. The van der Waals surface area contributed by atoms with E-state index < -0.39 is 0 Å². The second-order valence-corrected chi connectivity index (χ2v) is 4.89. The van der Waals surface area contributed by atoms with Crippen LogP contribution in [0.2, 0.25) is 0 Å². The van der Waals surface area contributed by atoms with Gasteiger partial charge in [0.2, 0.25) is 5.91 Å². The molecule has 1 amide bonds. The molecule has 0 spiro atoms. The molecule has 82 valence electrons. The van der Waals surface area contributed by atoms with Crippen molar-refractivity contribution >= 4 is 5.91 Å². The maximum absolute atomic E-state index is 11.4. The molecule has 0 unspecified atom stereocenters. The largest absolute Gasteiger partial charge is 0.356 e. The summed E-state index contributed by atoms with van der Waals surface area (Å²) in [4.78, 5) is 11.4. The van der Waals surface area contributed by atoms with Crippen molar-refractivity contribution in [3.05, 3.63) is 0 Å². The Morgan fingerprint density at radius 2 is 2.00 bits per heavy atom. The van der Waals surface area contributed by atoms with Gasteiger partial charge in [-0.25, -0.2) is 0 Å². The van der Waals surface area contributed by atoms with Crippen LogP contribution in [-0.4, -0.2) is 12.5 Å². The predicted octanol–water partition coefficient (Wildman–Crippen LogP) is 2.73. The fourth-order valence-corrected chi connectivity index (χ4v) is 2.04. The molecular formula is C12H23NO. The van der Waals surface area contributed by atoms with Gasteiger partial charge in [-0.15, -0.1) is 0 Å². The number of amides is 1. The van der Waals surface area contributed by atoms with Crippen molar-refractivity contribution in [3.63, 3.8) is 0 Å². The minimum Gasteiger partial charge on any atom is -0.356 e. The van der Waals surface area contributed by atoms with Gasteiger partial charge in [0, 0.05) is 13.0 Å². The average molecular weight is 197 g/mol. The molecule has 1 aliphatic rings. The Labute approximate surface area is 87.5 Å². The molecule has 0 saturated heterocycles. The summed E-state index contributed by atoms with van der Waals surface area (Å²) >= 11 is 0. The minimum atomic E-state index is 0.241. The van der Waals surface area contributed by atoms with Gasteiger partial charge in [-0.1, -0.05) is 39.5 Å². The summed E-state index contributed by atoms with van der Waals surface area (Å²) < 4.78 is 0. The summed E-state index contributed by atoms with van der Waals surface area (Å²) in [7, 11) is 0. The molecule has 0 radical (unpaired) electrons. The zero-order valence-corrected chi connectivity index (χ0v) is 9.51. The fourth-order valence-electron chi connectivity index (χ4n) is 2.04. The summed E-state index contributed by atoms with van der Waals surface area (Å²) in [6.45, 7) is 5.07. The third-order valence-corrected chi connectivity index (χ3v) is 2.96. The first kappa shape index (κ1) is 11.5.